The van der Waals surface area contributed by atoms with Crippen molar-refractivity contribution in [3.05, 3.63) is 42.0 Å². The fraction of sp³-hybridized carbons (Fsp3) is 0.235. The van der Waals surface area contributed by atoms with E-state index in [1.54, 1.807) is 13.8 Å². The SMILES string of the molecule is CCOc1c(O)cccc1OC(=O)c1cccc(O)c1OCC. The fourth-order valence-electron chi connectivity index (χ4n) is 2.01. The van der Waals surface area contributed by atoms with Crippen molar-refractivity contribution in [1.29, 1.82) is 0 Å². The van der Waals surface area contributed by atoms with Crippen LogP contribution in [0.25, 0.3) is 0 Å². The number of hydrogen-bond acceptors (Lipinski definition) is 6. The average molecular weight is 318 g/mol. The highest BCUT2D eigenvalue weighted by Crippen LogP contribution is 2.37. The molecular formula is C17H18O6. The van der Waals surface area contributed by atoms with Crippen molar-refractivity contribution in [2.75, 3.05) is 13.2 Å². The number of ether oxygens (including phenoxy) is 3. The summed E-state index contributed by atoms with van der Waals surface area (Å²) in [6.45, 7) is 4.08. The summed E-state index contributed by atoms with van der Waals surface area (Å²) in [6.07, 6.45) is 0. The summed E-state index contributed by atoms with van der Waals surface area (Å²) in [5.41, 5.74) is 0.0811. The molecule has 0 aliphatic heterocycles. The van der Waals surface area contributed by atoms with Crippen LogP contribution < -0.4 is 14.2 Å². The second kappa shape index (κ2) is 7.40. The molecule has 0 aliphatic rings. The van der Waals surface area contributed by atoms with E-state index >= 15 is 0 Å². The molecule has 0 amide bonds. The third kappa shape index (κ3) is 3.66. The normalized spacial score (nSPS) is 10.2. The molecule has 0 aliphatic carbocycles. The first-order chi connectivity index (χ1) is 11.1. The molecular weight excluding hydrogens is 300 g/mol. The van der Waals surface area contributed by atoms with Gasteiger partial charge < -0.3 is 24.4 Å². The number of hydrogen-bond donors (Lipinski definition) is 2. The Balaban J connectivity index is 2.34. The third-order valence-corrected chi connectivity index (χ3v) is 2.95. The molecule has 0 saturated carbocycles. The van der Waals surface area contributed by atoms with Crippen molar-refractivity contribution in [3.63, 3.8) is 0 Å². The van der Waals surface area contributed by atoms with Crippen LogP contribution in [0.5, 0.6) is 28.7 Å². The van der Waals surface area contributed by atoms with Gasteiger partial charge in [0.1, 0.15) is 5.56 Å². The number of para-hydroxylation sites is 2. The summed E-state index contributed by atoms with van der Waals surface area (Å²) >= 11 is 0. The number of esters is 1. The minimum absolute atomic E-state index is 0.0538. The molecule has 0 fully saturated rings. The monoisotopic (exact) mass is 318 g/mol. The van der Waals surface area contributed by atoms with Gasteiger partial charge >= 0.3 is 5.97 Å². The van der Waals surface area contributed by atoms with E-state index in [9.17, 15) is 15.0 Å². The Hall–Kier alpha value is -2.89. The van der Waals surface area contributed by atoms with Crippen LogP contribution in [0.4, 0.5) is 0 Å². The van der Waals surface area contributed by atoms with Gasteiger partial charge in [0.2, 0.25) is 5.75 Å². The van der Waals surface area contributed by atoms with E-state index in [-0.39, 0.29) is 40.9 Å². The molecule has 6 heteroatoms. The summed E-state index contributed by atoms with van der Waals surface area (Å²) in [5.74, 6) is -0.779. The topological polar surface area (TPSA) is 85.2 Å². The Kier molecular flexibility index (Phi) is 5.30. The number of rotatable bonds is 6. The second-order valence-corrected chi connectivity index (χ2v) is 4.51. The van der Waals surface area contributed by atoms with Crippen LogP contribution in [0.2, 0.25) is 0 Å². The largest absolute Gasteiger partial charge is 0.504 e. The second-order valence-electron chi connectivity index (χ2n) is 4.51. The summed E-state index contributed by atoms with van der Waals surface area (Å²) < 4.78 is 15.9. The van der Waals surface area contributed by atoms with Gasteiger partial charge in [0.25, 0.3) is 0 Å². The van der Waals surface area contributed by atoms with Gasteiger partial charge in [0.05, 0.1) is 13.2 Å². The van der Waals surface area contributed by atoms with E-state index in [0.29, 0.717) is 6.61 Å². The lowest BCUT2D eigenvalue weighted by molar-refractivity contribution is 0.0722. The minimum atomic E-state index is -0.726. The van der Waals surface area contributed by atoms with Crippen LogP contribution in [-0.2, 0) is 0 Å². The highest BCUT2D eigenvalue weighted by atomic mass is 16.6. The molecule has 6 nitrogen and oxygen atoms in total. The van der Waals surface area contributed by atoms with Crippen molar-refractivity contribution >= 4 is 5.97 Å². The van der Waals surface area contributed by atoms with Crippen molar-refractivity contribution in [3.8, 4) is 28.7 Å². The quantitative estimate of drug-likeness (QED) is 0.629. The van der Waals surface area contributed by atoms with Crippen LogP contribution in [-0.4, -0.2) is 29.4 Å². The molecule has 2 N–H and O–H groups in total. The molecule has 0 saturated heterocycles. The number of carbonyl (C=O) groups excluding carboxylic acids is 1. The Morgan fingerprint density at radius 3 is 2.13 bits per heavy atom. The zero-order chi connectivity index (χ0) is 16.8. The molecule has 0 radical (unpaired) electrons. The van der Waals surface area contributed by atoms with Crippen LogP contribution in [0.15, 0.2) is 36.4 Å². The van der Waals surface area contributed by atoms with Gasteiger partial charge in [-0.3, -0.25) is 0 Å². The van der Waals surface area contributed by atoms with Crippen molar-refractivity contribution in [2.45, 2.75) is 13.8 Å². The summed E-state index contributed by atoms with van der Waals surface area (Å²) in [6, 6.07) is 8.89. The summed E-state index contributed by atoms with van der Waals surface area (Å²) in [7, 11) is 0. The molecule has 122 valence electrons. The molecule has 0 spiro atoms. The lowest BCUT2D eigenvalue weighted by Gasteiger charge is -2.14. The van der Waals surface area contributed by atoms with E-state index < -0.39 is 5.97 Å². The average Bonchev–Trinajstić information content (AvgIpc) is 2.53. The van der Waals surface area contributed by atoms with Gasteiger partial charge in [-0.1, -0.05) is 12.1 Å². The fourth-order valence-corrected chi connectivity index (χ4v) is 2.01. The van der Waals surface area contributed by atoms with Crippen LogP contribution in [0.3, 0.4) is 0 Å². The van der Waals surface area contributed by atoms with Gasteiger partial charge in [-0.25, -0.2) is 4.79 Å². The maximum atomic E-state index is 12.4. The smallest absolute Gasteiger partial charge is 0.347 e. The lowest BCUT2D eigenvalue weighted by Crippen LogP contribution is -2.12. The first-order valence-electron chi connectivity index (χ1n) is 7.20. The van der Waals surface area contributed by atoms with Crippen LogP contribution in [0, 0.1) is 0 Å². The van der Waals surface area contributed by atoms with Crippen molar-refractivity contribution in [1.82, 2.24) is 0 Å². The van der Waals surface area contributed by atoms with E-state index in [2.05, 4.69) is 0 Å². The molecule has 0 aromatic heterocycles. The highest BCUT2D eigenvalue weighted by Gasteiger charge is 2.20. The zero-order valence-corrected chi connectivity index (χ0v) is 12.9. The van der Waals surface area contributed by atoms with Crippen molar-refractivity contribution in [2.24, 2.45) is 0 Å². The molecule has 0 bridgehead atoms. The van der Waals surface area contributed by atoms with Gasteiger partial charge in [-0.2, -0.15) is 0 Å². The predicted molar refractivity (Wildman–Crippen MR) is 83.5 cm³/mol. The number of phenolic OH excluding ortho intramolecular Hbond substituents is 2. The molecule has 2 rings (SSSR count). The maximum Gasteiger partial charge on any atom is 0.347 e. The highest BCUT2D eigenvalue weighted by molar-refractivity contribution is 5.95. The minimum Gasteiger partial charge on any atom is -0.504 e. The number of aromatic hydroxyl groups is 2. The summed E-state index contributed by atoms with van der Waals surface area (Å²) in [4.78, 5) is 12.4. The molecule has 2 aromatic carbocycles. The Labute approximate surface area is 133 Å². The standard InChI is InChI=1S/C17H18O6/c1-3-21-15-11(7-5-8-12(15)18)17(20)23-14-10-6-9-13(19)16(14)22-4-2/h5-10,18-19H,3-4H2,1-2H3. The molecule has 0 heterocycles. The Morgan fingerprint density at radius 1 is 0.913 bits per heavy atom. The molecule has 0 unspecified atom stereocenters. The van der Waals surface area contributed by atoms with E-state index in [1.165, 1.54) is 36.4 Å². The Morgan fingerprint density at radius 2 is 1.48 bits per heavy atom. The molecule has 23 heavy (non-hydrogen) atoms. The molecule has 2 aromatic rings. The van der Waals surface area contributed by atoms with E-state index in [0.717, 1.165) is 0 Å². The van der Waals surface area contributed by atoms with E-state index in [1.807, 2.05) is 0 Å². The predicted octanol–water partition coefficient (Wildman–Crippen LogP) is 3.11. The summed E-state index contributed by atoms with van der Waals surface area (Å²) in [5, 5.41) is 19.6. The van der Waals surface area contributed by atoms with E-state index in [4.69, 9.17) is 14.2 Å². The molecule has 0 atom stereocenters. The Bertz CT molecular complexity index is 695. The first kappa shape index (κ1) is 16.5. The number of benzene rings is 2. The lowest BCUT2D eigenvalue weighted by atomic mass is 10.2. The first-order valence-corrected chi connectivity index (χ1v) is 7.20. The van der Waals surface area contributed by atoms with Crippen molar-refractivity contribution < 1.29 is 29.2 Å². The maximum absolute atomic E-state index is 12.4. The van der Waals surface area contributed by atoms with Crippen LogP contribution >= 0.6 is 0 Å². The van der Waals surface area contributed by atoms with Gasteiger partial charge in [0, 0.05) is 0 Å². The van der Waals surface area contributed by atoms with Gasteiger partial charge in [-0.15, -0.1) is 0 Å². The van der Waals surface area contributed by atoms with Gasteiger partial charge in [0.15, 0.2) is 23.0 Å². The third-order valence-electron chi connectivity index (χ3n) is 2.95. The number of carbonyl (C=O) groups is 1. The zero-order valence-electron chi connectivity index (χ0n) is 12.9. The van der Waals surface area contributed by atoms with Gasteiger partial charge in [-0.05, 0) is 38.1 Å². The number of phenols is 2. The van der Waals surface area contributed by atoms with Crippen LogP contribution in [0.1, 0.15) is 24.2 Å².